The highest BCUT2D eigenvalue weighted by Crippen LogP contribution is 2.34. The largest absolute Gasteiger partial charge is 0.306 e. The molecule has 1 fully saturated rings. The zero-order valence-electron chi connectivity index (χ0n) is 15.1. The average Bonchev–Trinajstić information content (AvgIpc) is 3.14. The lowest BCUT2D eigenvalue weighted by atomic mass is 9.78. The van der Waals surface area contributed by atoms with Crippen LogP contribution in [0.5, 0.6) is 0 Å². The number of likely N-dealkylation sites (tertiary alicyclic amines) is 1. The van der Waals surface area contributed by atoms with Crippen LogP contribution in [0.1, 0.15) is 45.6 Å². The highest BCUT2D eigenvalue weighted by atomic mass is 15.1. The molecule has 4 nitrogen and oxygen atoms in total. The highest BCUT2D eigenvalue weighted by molar-refractivity contribution is 5.34. The molecule has 1 aliphatic heterocycles. The molecule has 0 amide bonds. The summed E-state index contributed by atoms with van der Waals surface area (Å²) >= 11 is 0. The van der Waals surface area contributed by atoms with E-state index in [1.807, 2.05) is 30.9 Å². The number of rotatable bonds is 4. The van der Waals surface area contributed by atoms with E-state index in [0.717, 1.165) is 38.2 Å². The number of nitriles is 1. The molecule has 2 heterocycles. The molecule has 4 heteroatoms. The van der Waals surface area contributed by atoms with Crippen LogP contribution in [0.2, 0.25) is 0 Å². The molecule has 1 aliphatic rings. The van der Waals surface area contributed by atoms with E-state index >= 15 is 0 Å². The van der Waals surface area contributed by atoms with E-state index in [1.165, 1.54) is 5.56 Å². The van der Waals surface area contributed by atoms with E-state index in [2.05, 4.69) is 47.1 Å². The molecule has 0 unspecified atom stereocenters. The predicted molar refractivity (Wildman–Crippen MR) is 97.8 cm³/mol. The number of piperidine rings is 1. The Kier molecular flexibility index (Phi) is 6.57. The van der Waals surface area contributed by atoms with Gasteiger partial charge in [0.15, 0.2) is 0 Å². The standard InChI is InChI=1S/C18H22N4.C2H6/c1-18(6-9-19)7-11-21(12-8-18)14-16-2-4-17(5-3-16)22-13-10-20-15-22;1-2/h2-5,10,13,15H,6-8,11-12,14H2,1H3;1-2H3. The third-order valence-corrected chi connectivity index (χ3v) is 4.71. The van der Waals surface area contributed by atoms with Crippen molar-refractivity contribution in [1.29, 1.82) is 5.26 Å². The summed E-state index contributed by atoms with van der Waals surface area (Å²) in [5, 5.41) is 8.92. The maximum atomic E-state index is 8.92. The Hall–Kier alpha value is -2.12. The van der Waals surface area contributed by atoms with E-state index in [9.17, 15) is 0 Å². The van der Waals surface area contributed by atoms with E-state index in [0.29, 0.717) is 6.42 Å². The average molecular weight is 324 g/mol. The Balaban J connectivity index is 0.00000100. The second kappa shape index (κ2) is 8.65. The molecule has 1 saturated heterocycles. The van der Waals surface area contributed by atoms with Crippen molar-refractivity contribution in [2.75, 3.05) is 13.1 Å². The third-order valence-electron chi connectivity index (χ3n) is 4.71. The van der Waals surface area contributed by atoms with Gasteiger partial charge in [-0.05, 0) is 49.0 Å². The smallest absolute Gasteiger partial charge is 0.0991 e. The Morgan fingerprint density at radius 3 is 2.38 bits per heavy atom. The summed E-state index contributed by atoms with van der Waals surface area (Å²) < 4.78 is 2.01. The molecule has 3 rings (SSSR count). The topological polar surface area (TPSA) is 44.9 Å². The van der Waals surface area contributed by atoms with Gasteiger partial charge in [0.1, 0.15) is 0 Å². The number of nitrogens with zero attached hydrogens (tertiary/aromatic N) is 4. The van der Waals surface area contributed by atoms with Gasteiger partial charge in [-0.15, -0.1) is 0 Å². The highest BCUT2D eigenvalue weighted by Gasteiger charge is 2.29. The zero-order chi connectivity index (χ0) is 17.4. The first kappa shape index (κ1) is 18.2. The van der Waals surface area contributed by atoms with Crippen molar-refractivity contribution in [2.45, 2.75) is 46.6 Å². The molecule has 24 heavy (non-hydrogen) atoms. The molecule has 0 bridgehead atoms. The Labute approximate surface area is 145 Å². The second-order valence-electron chi connectivity index (χ2n) is 6.56. The summed E-state index contributed by atoms with van der Waals surface area (Å²) in [7, 11) is 0. The minimum atomic E-state index is 0.219. The Bertz CT molecular complexity index is 629. The fraction of sp³-hybridized carbons (Fsp3) is 0.500. The third kappa shape index (κ3) is 4.69. The molecule has 128 valence electrons. The summed E-state index contributed by atoms with van der Waals surface area (Å²) in [4.78, 5) is 6.57. The van der Waals surface area contributed by atoms with Crippen LogP contribution in [-0.2, 0) is 6.54 Å². The molecule has 1 aromatic heterocycles. The quantitative estimate of drug-likeness (QED) is 0.836. The molecule has 0 aliphatic carbocycles. The first-order valence-electron chi connectivity index (χ1n) is 8.85. The lowest BCUT2D eigenvalue weighted by Crippen LogP contribution is -2.38. The predicted octanol–water partition coefficient (Wildman–Crippen LogP) is 4.41. The van der Waals surface area contributed by atoms with Gasteiger partial charge >= 0.3 is 0 Å². The van der Waals surface area contributed by atoms with Crippen LogP contribution in [0.15, 0.2) is 43.0 Å². The molecule has 0 N–H and O–H groups in total. The molecule has 0 radical (unpaired) electrons. The number of benzene rings is 1. The van der Waals surface area contributed by atoms with Gasteiger partial charge in [0.25, 0.3) is 0 Å². The van der Waals surface area contributed by atoms with Gasteiger partial charge in [-0.3, -0.25) is 4.90 Å². The van der Waals surface area contributed by atoms with E-state index in [4.69, 9.17) is 5.26 Å². The van der Waals surface area contributed by atoms with Gasteiger partial charge in [0.2, 0.25) is 0 Å². The summed E-state index contributed by atoms with van der Waals surface area (Å²) in [5.74, 6) is 0. The van der Waals surface area contributed by atoms with Gasteiger partial charge in [-0.2, -0.15) is 5.26 Å². The molecular weight excluding hydrogens is 296 g/mol. The van der Waals surface area contributed by atoms with Crippen molar-refractivity contribution in [3.63, 3.8) is 0 Å². The fourth-order valence-electron chi connectivity index (χ4n) is 3.06. The number of hydrogen-bond donors (Lipinski definition) is 0. The summed E-state index contributed by atoms with van der Waals surface area (Å²) in [5.41, 5.74) is 2.70. The van der Waals surface area contributed by atoms with Crippen molar-refractivity contribution in [3.8, 4) is 11.8 Å². The van der Waals surface area contributed by atoms with E-state index < -0.39 is 0 Å². The van der Waals surface area contributed by atoms with Crippen LogP contribution in [0, 0.1) is 16.7 Å². The van der Waals surface area contributed by atoms with E-state index in [-0.39, 0.29) is 5.41 Å². The van der Waals surface area contributed by atoms with Crippen molar-refractivity contribution < 1.29 is 0 Å². The summed E-state index contributed by atoms with van der Waals surface area (Å²) in [6, 6.07) is 11.0. The monoisotopic (exact) mass is 324 g/mol. The second-order valence-corrected chi connectivity index (χ2v) is 6.56. The number of hydrogen-bond acceptors (Lipinski definition) is 3. The van der Waals surface area contributed by atoms with Crippen LogP contribution < -0.4 is 0 Å². The number of aromatic nitrogens is 2. The first-order chi connectivity index (χ1) is 11.7. The van der Waals surface area contributed by atoms with E-state index in [1.54, 1.807) is 6.20 Å². The van der Waals surface area contributed by atoms with Crippen molar-refractivity contribution >= 4 is 0 Å². The van der Waals surface area contributed by atoms with Crippen molar-refractivity contribution in [3.05, 3.63) is 48.5 Å². The fourth-order valence-corrected chi connectivity index (χ4v) is 3.06. The lowest BCUT2D eigenvalue weighted by molar-refractivity contribution is 0.116. The van der Waals surface area contributed by atoms with Crippen LogP contribution in [0.4, 0.5) is 0 Å². The van der Waals surface area contributed by atoms with Crippen molar-refractivity contribution in [2.24, 2.45) is 5.41 Å². The lowest BCUT2D eigenvalue weighted by Gasteiger charge is -2.38. The van der Waals surface area contributed by atoms with Crippen LogP contribution in [0.25, 0.3) is 5.69 Å². The summed E-state index contributed by atoms with van der Waals surface area (Å²) in [6.45, 7) is 9.41. The number of imidazole rings is 1. The molecule has 0 atom stereocenters. The van der Waals surface area contributed by atoms with Crippen molar-refractivity contribution in [1.82, 2.24) is 14.5 Å². The van der Waals surface area contributed by atoms with Crippen LogP contribution in [-0.4, -0.2) is 27.5 Å². The maximum absolute atomic E-state index is 8.92. The molecular formula is C20H28N4. The first-order valence-corrected chi connectivity index (χ1v) is 8.85. The van der Waals surface area contributed by atoms with Gasteiger partial charge in [-0.1, -0.05) is 32.9 Å². The van der Waals surface area contributed by atoms with Gasteiger partial charge in [-0.25, -0.2) is 4.98 Å². The minimum Gasteiger partial charge on any atom is -0.306 e. The Morgan fingerprint density at radius 1 is 1.17 bits per heavy atom. The summed E-state index contributed by atoms with van der Waals surface area (Å²) in [6.07, 6.45) is 8.48. The molecule has 0 saturated carbocycles. The molecule has 2 aromatic rings. The minimum absolute atomic E-state index is 0.219. The molecule has 0 spiro atoms. The zero-order valence-corrected chi connectivity index (χ0v) is 15.1. The van der Waals surface area contributed by atoms with Gasteiger partial charge < -0.3 is 4.57 Å². The maximum Gasteiger partial charge on any atom is 0.0991 e. The van der Waals surface area contributed by atoms with Crippen LogP contribution in [0.3, 0.4) is 0 Å². The normalized spacial score (nSPS) is 16.8. The Morgan fingerprint density at radius 2 is 1.83 bits per heavy atom. The molecule has 1 aromatic carbocycles. The van der Waals surface area contributed by atoms with Crippen LogP contribution >= 0.6 is 0 Å². The SMILES string of the molecule is CC.CC1(CC#N)CCN(Cc2ccc(-n3ccnc3)cc2)CC1. The van der Waals surface area contributed by atoms with Gasteiger partial charge in [0.05, 0.1) is 12.4 Å². The van der Waals surface area contributed by atoms with Gasteiger partial charge in [0, 0.05) is 31.0 Å².